The van der Waals surface area contributed by atoms with Crippen molar-refractivity contribution in [2.45, 2.75) is 34.6 Å². The minimum atomic E-state index is 0. The molecule has 3 rings (SSSR count). The summed E-state index contributed by atoms with van der Waals surface area (Å²) in [6.45, 7) is 17.2. The molecule has 0 saturated heterocycles. The Bertz CT molecular complexity index is 702. The molecule has 2 nitrogen and oxygen atoms in total. The molecule has 0 spiro atoms. The van der Waals surface area contributed by atoms with Crippen LogP contribution in [0.2, 0.25) is 0 Å². The summed E-state index contributed by atoms with van der Waals surface area (Å²) in [5, 5.41) is 1.20. The Balaban J connectivity index is -0.000000339. The average Bonchev–Trinajstić information content (AvgIpc) is 2.71. The van der Waals surface area contributed by atoms with E-state index in [1.807, 2.05) is 83.3 Å². The second-order valence-electron chi connectivity index (χ2n) is 4.62. The average molecular weight is 438 g/mol. The molecule has 143 valence electrons. The minimum absolute atomic E-state index is 0. The van der Waals surface area contributed by atoms with Gasteiger partial charge in [0.1, 0.15) is 0 Å². The number of para-hydroxylation sites is 1. The number of rotatable bonds is 2. The third-order valence-corrected chi connectivity index (χ3v) is 3.09. The van der Waals surface area contributed by atoms with Crippen molar-refractivity contribution < 1.29 is 32.7 Å². The summed E-state index contributed by atoms with van der Waals surface area (Å²) in [7, 11) is 0. The van der Waals surface area contributed by atoms with Crippen LogP contribution in [0.4, 0.5) is 5.69 Å². The summed E-state index contributed by atoms with van der Waals surface area (Å²) in [5.74, 6) is 0. The van der Waals surface area contributed by atoms with Gasteiger partial charge in [0.25, 0.3) is 0 Å². The normalized spacial score (nSPS) is 7.89. The van der Waals surface area contributed by atoms with E-state index >= 15 is 0 Å². The third kappa shape index (κ3) is 10.9. The molecule has 2 aromatic carbocycles. The summed E-state index contributed by atoms with van der Waals surface area (Å²) in [6.07, 6.45) is 3.59. The van der Waals surface area contributed by atoms with Gasteiger partial charge in [0, 0.05) is 44.3 Å². The molecule has 0 amide bonds. The summed E-state index contributed by atoms with van der Waals surface area (Å²) in [4.78, 5) is 8.06. The Hall–Kier alpha value is -1.64. The van der Waals surface area contributed by atoms with Crippen molar-refractivity contribution >= 4 is 29.4 Å². The van der Waals surface area contributed by atoms with Gasteiger partial charge in [-0.3, -0.25) is 9.98 Å². The van der Waals surface area contributed by atoms with E-state index in [0.717, 1.165) is 16.8 Å². The van der Waals surface area contributed by atoms with E-state index in [1.54, 1.807) is 6.08 Å². The second kappa shape index (κ2) is 19.1. The van der Waals surface area contributed by atoms with E-state index in [1.165, 1.54) is 10.9 Å². The first-order valence-electron chi connectivity index (χ1n) is 8.74. The molecule has 3 aromatic rings. The monoisotopic (exact) mass is 438 g/mol. The van der Waals surface area contributed by atoms with Crippen LogP contribution in [0.1, 0.15) is 38.8 Å². The largest absolute Gasteiger partial charge is 0.358 e. The Morgan fingerprint density at radius 1 is 0.926 bits per heavy atom. The maximum absolute atomic E-state index is 4.18. The van der Waals surface area contributed by atoms with Gasteiger partial charge in [-0.1, -0.05) is 76.7 Å². The fourth-order valence-electron chi connectivity index (χ4n) is 1.98. The van der Waals surface area contributed by atoms with Crippen LogP contribution in [0.5, 0.6) is 0 Å². The van der Waals surface area contributed by atoms with Crippen molar-refractivity contribution in [3.63, 3.8) is 0 Å². The Morgan fingerprint density at radius 3 is 2.07 bits per heavy atom. The van der Waals surface area contributed by atoms with E-state index < -0.39 is 0 Å². The van der Waals surface area contributed by atoms with Crippen molar-refractivity contribution in [2.75, 3.05) is 0 Å². The first kappa shape index (κ1) is 30.1. The fraction of sp³-hybridized carbons (Fsp3) is 0.208. The number of aryl methyl sites for hydroxylation is 1. The Morgan fingerprint density at radius 2 is 1.52 bits per heavy atom. The second-order valence-corrected chi connectivity index (χ2v) is 4.62. The van der Waals surface area contributed by atoms with Crippen LogP contribution in [-0.2, 0) is 32.7 Å². The van der Waals surface area contributed by atoms with Crippen LogP contribution < -0.4 is 0 Å². The van der Waals surface area contributed by atoms with Gasteiger partial charge in [-0.25, -0.2) is 0 Å². The van der Waals surface area contributed by atoms with Gasteiger partial charge in [0.15, 0.2) is 0 Å². The molecule has 0 saturated carbocycles. The van der Waals surface area contributed by atoms with Crippen LogP contribution in [0.15, 0.2) is 72.4 Å². The first-order chi connectivity index (χ1) is 12.2. The molecule has 0 aliphatic heterocycles. The molecular formula is C24H33N2Y-. The zero-order valence-corrected chi connectivity index (χ0v) is 20.6. The van der Waals surface area contributed by atoms with Gasteiger partial charge in [-0.2, -0.15) is 0 Å². The molecule has 0 unspecified atom stereocenters. The van der Waals surface area contributed by atoms with Crippen molar-refractivity contribution in [2.24, 2.45) is 4.99 Å². The molecule has 0 fully saturated rings. The van der Waals surface area contributed by atoms with Crippen LogP contribution in [-0.4, -0.2) is 11.7 Å². The van der Waals surface area contributed by atoms with E-state index in [9.17, 15) is 0 Å². The van der Waals surface area contributed by atoms with Crippen LogP contribution in [0, 0.1) is 14.4 Å². The van der Waals surface area contributed by atoms with Gasteiger partial charge < -0.3 is 7.43 Å². The molecular weight excluding hydrogens is 405 g/mol. The Kier molecular flexibility index (Phi) is 21.3. The van der Waals surface area contributed by atoms with Crippen LogP contribution >= 0.6 is 0 Å². The van der Waals surface area contributed by atoms with Gasteiger partial charge in [0.2, 0.25) is 0 Å². The molecule has 1 aromatic heterocycles. The van der Waals surface area contributed by atoms with Gasteiger partial charge in [-0.15, -0.1) is 0 Å². The maximum atomic E-state index is 4.18. The number of benzene rings is 2. The molecule has 1 heterocycles. The van der Waals surface area contributed by atoms with Gasteiger partial charge >= 0.3 is 0 Å². The van der Waals surface area contributed by atoms with Crippen molar-refractivity contribution in [3.8, 4) is 0 Å². The van der Waals surface area contributed by atoms with E-state index in [4.69, 9.17) is 0 Å². The quantitative estimate of drug-likeness (QED) is 0.297. The zero-order valence-electron chi connectivity index (χ0n) is 17.7. The molecule has 0 aliphatic rings. The molecule has 0 atom stereocenters. The number of nitrogens with zero attached hydrogens (tertiary/aromatic N) is 2. The Labute approximate surface area is 191 Å². The summed E-state index contributed by atoms with van der Waals surface area (Å²) >= 11 is 0. The van der Waals surface area contributed by atoms with E-state index in [-0.39, 0.29) is 40.1 Å². The molecule has 0 bridgehead atoms. The van der Waals surface area contributed by atoms with Gasteiger partial charge in [-0.05, 0) is 43.0 Å². The predicted molar refractivity (Wildman–Crippen MR) is 121 cm³/mol. The summed E-state index contributed by atoms with van der Waals surface area (Å²) < 4.78 is 0. The fourth-order valence-corrected chi connectivity index (χ4v) is 1.98. The standard InChI is InChI=1S/C10H11N.C9H7N.2C2H6.CH3.Y/c1-4-9-6-5-8(2)7-10(9)11-3;1-2-6-9-8(4-1)5-3-7-10-9;2*1-2;;/h4-7H,1,3H2,2H3;1-7H;2*1-2H3;1H3;/q;;;;-1;. The van der Waals surface area contributed by atoms with Gasteiger partial charge in [0.05, 0.1) is 11.2 Å². The third-order valence-electron chi connectivity index (χ3n) is 3.09. The van der Waals surface area contributed by atoms with Crippen LogP contribution in [0.3, 0.4) is 0 Å². The van der Waals surface area contributed by atoms with Crippen molar-refractivity contribution in [1.82, 2.24) is 4.98 Å². The number of pyridine rings is 1. The topological polar surface area (TPSA) is 25.2 Å². The predicted octanol–water partition coefficient (Wildman–Crippen LogP) is 7.71. The first-order valence-corrected chi connectivity index (χ1v) is 8.74. The summed E-state index contributed by atoms with van der Waals surface area (Å²) in [5.41, 5.74) is 4.19. The number of hydrogen-bond acceptors (Lipinski definition) is 2. The molecule has 0 aliphatic carbocycles. The van der Waals surface area contributed by atoms with Crippen molar-refractivity contribution in [3.05, 3.63) is 85.9 Å². The minimum Gasteiger partial charge on any atom is -0.358 e. The molecule has 3 heteroatoms. The number of aliphatic imine (C=N–C) groups is 1. The van der Waals surface area contributed by atoms with Crippen molar-refractivity contribution in [1.29, 1.82) is 0 Å². The SMILES string of the molecule is C=Cc1ccc(C)cc1N=C.CC.CC.[CH3-].[Y].c1ccc2ncccc2c1. The summed E-state index contributed by atoms with van der Waals surface area (Å²) in [6, 6.07) is 18.1. The maximum Gasteiger partial charge on any atom is 0.0701 e. The van der Waals surface area contributed by atoms with E-state index in [2.05, 4.69) is 35.4 Å². The number of aromatic nitrogens is 1. The smallest absolute Gasteiger partial charge is 0.0701 e. The number of fused-ring (bicyclic) bond motifs is 1. The van der Waals surface area contributed by atoms with Crippen LogP contribution in [0.25, 0.3) is 17.0 Å². The number of hydrogen-bond donors (Lipinski definition) is 0. The zero-order chi connectivity index (χ0) is 19.1. The van der Waals surface area contributed by atoms with E-state index in [0.29, 0.717) is 0 Å². The molecule has 0 N–H and O–H groups in total. The molecule has 27 heavy (non-hydrogen) atoms. The molecule has 1 radical (unpaired) electrons.